The lowest BCUT2D eigenvalue weighted by molar-refractivity contribution is -0.0138. The average Bonchev–Trinajstić information content (AvgIpc) is 2.21. The fraction of sp³-hybridized carbons (Fsp3) is 0.700. The first-order valence-corrected chi connectivity index (χ1v) is 4.60. The van der Waals surface area contributed by atoms with Gasteiger partial charge >= 0.3 is 0 Å². The van der Waals surface area contributed by atoms with Gasteiger partial charge in [0, 0.05) is 13.3 Å². The van der Waals surface area contributed by atoms with Crippen molar-refractivity contribution >= 4 is 6.21 Å². The summed E-state index contributed by atoms with van der Waals surface area (Å²) in [6.45, 7) is 2.76. The molecule has 0 saturated carbocycles. The summed E-state index contributed by atoms with van der Waals surface area (Å²) >= 11 is 0. The Kier molecular flexibility index (Phi) is 3.63. The SMILES string of the molecule is CCC(OC)C1(CO)C=CC=NC1. The van der Waals surface area contributed by atoms with Crippen LogP contribution in [0.3, 0.4) is 0 Å². The highest BCUT2D eigenvalue weighted by molar-refractivity contribution is 5.72. The van der Waals surface area contributed by atoms with Crippen LogP contribution in [0.2, 0.25) is 0 Å². The molecule has 0 saturated heterocycles. The minimum atomic E-state index is -0.307. The highest BCUT2D eigenvalue weighted by Gasteiger charge is 2.35. The Morgan fingerprint density at radius 2 is 2.46 bits per heavy atom. The number of allylic oxidation sites excluding steroid dienone is 1. The molecule has 3 heteroatoms. The standard InChI is InChI=1S/C10H17NO2/c1-3-9(13-2)10(8-12)5-4-6-11-7-10/h4-6,9,12H,3,7-8H2,1-2H3. The smallest absolute Gasteiger partial charge is 0.0699 e. The Morgan fingerprint density at radius 3 is 2.85 bits per heavy atom. The molecule has 1 aliphatic rings. The van der Waals surface area contributed by atoms with E-state index in [0.717, 1.165) is 6.42 Å². The van der Waals surface area contributed by atoms with Crippen molar-refractivity contribution < 1.29 is 9.84 Å². The maximum absolute atomic E-state index is 9.37. The Bertz CT molecular complexity index is 209. The van der Waals surface area contributed by atoms with E-state index in [9.17, 15) is 5.11 Å². The molecule has 0 bridgehead atoms. The topological polar surface area (TPSA) is 41.8 Å². The predicted molar refractivity (Wildman–Crippen MR) is 53.1 cm³/mol. The number of hydrogen-bond donors (Lipinski definition) is 1. The number of aliphatic imine (C=N–C) groups is 1. The molecule has 0 radical (unpaired) electrons. The van der Waals surface area contributed by atoms with E-state index in [1.165, 1.54) is 0 Å². The van der Waals surface area contributed by atoms with Crippen LogP contribution in [-0.4, -0.2) is 37.7 Å². The molecule has 0 amide bonds. The van der Waals surface area contributed by atoms with Crippen LogP contribution in [0.4, 0.5) is 0 Å². The first-order chi connectivity index (χ1) is 6.29. The van der Waals surface area contributed by atoms with E-state index in [2.05, 4.69) is 11.9 Å². The second-order valence-corrected chi connectivity index (χ2v) is 3.37. The van der Waals surface area contributed by atoms with Crippen molar-refractivity contribution in [1.29, 1.82) is 0 Å². The van der Waals surface area contributed by atoms with Gasteiger partial charge in [0.25, 0.3) is 0 Å². The van der Waals surface area contributed by atoms with Crippen LogP contribution in [0.15, 0.2) is 17.1 Å². The zero-order valence-electron chi connectivity index (χ0n) is 8.23. The van der Waals surface area contributed by atoms with Crippen molar-refractivity contribution in [2.24, 2.45) is 10.4 Å². The number of aliphatic hydroxyl groups is 1. The van der Waals surface area contributed by atoms with Gasteiger partial charge in [0.15, 0.2) is 0 Å². The molecule has 1 N–H and O–H groups in total. The summed E-state index contributed by atoms with van der Waals surface area (Å²) in [7, 11) is 1.68. The number of ether oxygens (including phenoxy) is 1. The first-order valence-electron chi connectivity index (χ1n) is 4.60. The van der Waals surface area contributed by atoms with Crippen LogP contribution in [-0.2, 0) is 4.74 Å². The third kappa shape index (κ3) is 1.98. The van der Waals surface area contributed by atoms with Crippen LogP contribution in [0.1, 0.15) is 13.3 Å². The second kappa shape index (κ2) is 4.53. The van der Waals surface area contributed by atoms with Crippen molar-refractivity contribution in [3.8, 4) is 0 Å². The van der Waals surface area contributed by atoms with E-state index in [1.807, 2.05) is 12.2 Å². The van der Waals surface area contributed by atoms with Gasteiger partial charge in [-0.3, -0.25) is 4.99 Å². The molecule has 2 unspecified atom stereocenters. The van der Waals surface area contributed by atoms with Crippen LogP contribution in [0.25, 0.3) is 0 Å². The van der Waals surface area contributed by atoms with Gasteiger partial charge < -0.3 is 9.84 Å². The maximum Gasteiger partial charge on any atom is 0.0699 e. The molecular weight excluding hydrogens is 166 g/mol. The predicted octanol–water partition coefficient (Wildman–Crippen LogP) is 1.03. The summed E-state index contributed by atoms with van der Waals surface area (Å²) in [5.74, 6) is 0. The normalized spacial score (nSPS) is 29.2. The molecule has 0 aromatic rings. The van der Waals surface area contributed by atoms with Crippen LogP contribution < -0.4 is 0 Å². The molecule has 2 atom stereocenters. The average molecular weight is 183 g/mol. The fourth-order valence-corrected chi connectivity index (χ4v) is 1.79. The number of aliphatic hydroxyl groups excluding tert-OH is 1. The Balaban J connectivity index is 2.79. The van der Waals surface area contributed by atoms with Crippen molar-refractivity contribution in [2.45, 2.75) is 19.4 Å². The van der Waals surface area contributed by atoms with E-state index < -0.39 is 0 Å². The molecule has 0 spiro atoms. The lowest BCUT2D eigenvalue weighted by Gasteiger charge is -2.35. The van der Waals surface area contributed by atoms with Crippen LogP contribution in [0, 0.1) is 5.41 Å². The number of methoxy groups -OCH3 is 1. The summed E-state index contributed by atoms with van der Waals surface area (Å²) in [6, 6.07) is 0. The van der Waals surface area contributed by atoms with Gasteiger partial charge in [-0.05, 0) is 12.5 Å². The van der Waals surface area contributed by atoms with Crippen molar-refractivity contribution in [2.75, 3.05) is 20.3 Å². The third-order valence-electron chi connectivity index (χ3n) is 2.60. The molecule has 0 aromatic heterocycles. The minimum absolute atomic E-state index is 0.0474. The maximum atomic E-state index is 9.37. The summed E-state index contributed by atoms with van der Waals surface area (Å²) in [5.41, 5.74) is -0.307. The van der Waals surface area contributed by atoms with Crippen molar-refractivity contribution in [3.63, 3.8) is 0 Å². The molecule has 13 heavy (non-hydrogen) atoms. The zero-order chi connectivity index (χ0) is 9.73. The first kappa shape index (κ1) is 10.4. The van der Waals surface area contributed by atoms with Gasteiger partial charge in [0.2, 0.25) is 0 Å². The number of dihydropyridines is 1. The third-order valence-corrected chi connectivity index (χ3v) is 2.60. The minimum Gasteiger partial charge on any atom is -0.395 e. The molecule has 1 rings (SSSR count). The zero-order valence-corrected chi connectivity index (χ0v) is 8.23. The van der Waals surface area contributed by atoms with E-state index in [4.69, 9.17) is 4.74 Å². The molecule has 0 aliphatic carbocycles. The highest BCUT2D eigenvalue weighted by Crippen LogP contribution is 2.29. The number of hydrogen-bond acceptors (Lipinski definition) is 3. The molecule has 3 nitrogen and oxygen atoms in total. The van der Waals surface area contributed by atoms with Gasteiger partial charge in [-0.2, -0.15) is 0 Å². The Morgan fingerprint density at radius 1 is 1.69 bits per heavy atom. The fourth-order valence-electron chi connectivity index (χ4n) is 1.79. The van der Waals surface area contributed by atoms with E-state index in [1.54, 1.807) is 13.3 Å². The monoisotopic (exact) mass is 183 g/mol. The van der Waals surface area contributed by atoms with Gasteiger partial charge in [0.05, 0.1) is 24.7 Å². The molecular formula is C10H17NO2. The summed E-state index contributed by atoms with van der Waals surface area (Å²) in [6.07, 6.45) is 6.57. The summed E-state index contributed by atoms with van der Waals surface area (Å²) in [4.78, 5) is 4.17. The van der Waals surface area contributed by atoms with Gasteiger partial charge in [-0.25, -0.2) is 0 Å². The largest absolute Gasteiger partial charge is 0.395 e. The second-order valence-electron chi connectivity index (χ2n) is 3.37. The number of nitrogens with zero attached hydrogens (tertiary/aromatic N) is 1. The lowest BCUT2D eigenvalue weighted by Crippen LogP contribution is -2.41. The van der Waals surface area contributed by atoms with Crippen LogP contribution >= 0.6 is 0 Å². The molecule has 74 valence electrons. The summed E-state index contributed by atoms with van der Waals surface area (Å²) < 4.78 is 5.35. The van der Waals surface area contributed by atoms with Crippen molar-refractivity contribution in [1.82, 2.24) is 0 Å². The van der Waals surface area contributed by atoms with Gasteiger partial charge in [0.1, 0.15) is 0 Å². The number of rotatable bonds is 4. The molecule has 1 aliphatic heterocycles. The quantitative estimate of drug-likeness (QED) is 0.707. The Hall–Kier alpha value is -0.670. The highest BCUT2D eigenvalue weighted by atomic mass is 16.5. The van der Waals surface area contributed by atoms with Gasteiger partial charge in [-0.1, -0.05) is 13.0 Å². The van der Waals surface area contributed by atoms with E-state index in [-0.39, 0.29) is 18.1 Å². The van der Waals surface area contributed by atoms with E-state index in [0.29, 0.717) is 6.54 Å². The Labute approximate surface area is 79.1 Å². The lowest BCUT2D eigenvalue weighted by atomic mass is 9.80. The molecule has 0 fully saturated rings. The molecule has 1 heterocycles. The molecule has 0 aromatic carbocycles. The van der Waals surface area contributed by atoms with Crippen LogP contribution in [0.5, 0.6) is 0 Å². The van der Waals surface area contributed by atoms with Crippen molar-refractivity contribution in [3.05, 3.63) is 12.2 Å². The van der Waals surface area contributed by atoms with Gasteiger partial charge in [-0.15, -0.1) is 0 Å². The van der Waals surface area contributed by atoms with E-state index >= 15 is 0 Å². The summed E-state index contributed by atoms with van der Waals surface area (Å²) in [5, 5.41) is 9.37.